The Labute approximate surface area is 197 Å². The molecular formula is C30H47NO. The smallest absolute Gasteiger partial charge is 0.0540 e. The lowest BCUT2D eigenvalue weighted by molar-refractivity contribution is 0.148. The maximum atomic E-state index is 9.86. The summed E-state index contributed by atoms with van der Waals surface area (Å²) in [6.45, 7) is 2.19. The van der Waals surface area contributed by atoms with E-state index in [1.807, 2.05) is 6.07 Å². The van der Waals surface area contributed by atoms with Gasteiger partial charge >= 0.3 is 0 Å². The Kier molecular flexibility index (Phi) is 14.6. The molecule has 0 aliphatic heterocycles. The Morgan fingerprint density at radius 2 is 1.09 bits per heavy atom. The molecule has 1 atom stereocenters. The largest absolute Gasteiger partial charge is 0.393 e. The van der Waals surface area contributed by atoms with Crippen LogP contribution in [0.3, 0.4) is 0 Å². The van der Waals surface area contributed by atoms with Gasteiger partial charge in [0.15, 0.2) is 0 Å². The fourth-order valence-corrected chi connectivity index (χ4v) is 4.33. The van der Waals surface area contributed by atoms with Gasteiger partial charge in [-0.25, -0.2) is 0 Å². The van der Waals surface area contributed by atoms with Crippen molar-refractivity contribution in [2.24, 2.45) is 0 Å². The number of unbranched alkanes of at least 4 members (excludes halogenated alkanes) is 11. The second-order valence-corrected chi connectivity index (χ2v) is 9.41. The van der Waals surface area contributed by atoms with Crippen molar-refractivity contribution in [1.82, 2.24) is 0 Å². The normalized spacial score (nSPS) is 12.1. The number of rotatable bonds is 19. The van der Waals surface area contributed by atoms with E-state index in [9.17, 15) is 5.11 Å². The Balaban J connectivity index is 1.37. The number of benzene rings is 2. The molecule has 2 heteroatoms. The van der Waals surface area contributed by atoms with Crippen LogP contribution < -0.4 is 5.32 Å². The quantitative estimate of drug-likeness (QED) is 0.215. The van der Waals surface area contributed by atoms with Crippen LogP contribution in [-0.4, -0.2) is 11.2 Å². The van der Waals surface area contributed by atoms with Gasteiger partial charge in [0.2, 0.25) is 0 Å². The van der Waals surface area contributed by atoms with Gasteiger partial charge in [0.1, 0.15) is 0 Å². The summed E-state index contributed by atoms with van der Waals surface area (Å²) in [4.78, 5) is 0. The van der Waals surface area contributed by atoms with Gasteiger partial charge in [0.25, 0.3) is 0 Å². The lowest BCUT2D eigenvalue weighted by Crippen LogP contribution is -2.05. The van der Waals surface area contributed by atoms with E-state index >= 15 is 0 Å². The fraction of sp³-hybridized carbons (Fsp3) is 0.600. The number of hydrogen-bond acceptors (Lipinski definition) is 2. The summed E-state index contributed by atoms with van der Waals surface area (Å²) >= 11 is 0. The maximum absolute atomic E-state index is 9.86. The highest BCUT2D eigenvalue weighted by Gasteiger charge is 2.02. The van der Waals surface area contributed by atoms with Crippen LogP contribution in [0.15, 0.2) is 54.6 Å². The molecule has 2 N–H and O–H groups in total. The second kappa shape index (κ2) is 17.7. The molecule has 0 radical (unpaired) electrons. The van der Waals surface area contributed by atoms with Crippen LogP contribution in [0.25, 0.3) is 0 Å². The molecule has 32 heavy (non-hydrogen) atoms. The molecule has 0 aromatic heterocycles. The molecule has 2 rings (SSSR count). The van der Waals surface area contributed by atoms with Crippen molar-refractivity contribution in [3.8, 4) is 0 Å². The molecule has 0 fully saturated rings. The standard InChI is InChI=1S/C30H47NO/c1-2-3-21-30(32)22-17-12-10-8-6-4-5-7-9-11-14-18-27-23-25-29(26-24-27)31-28-19-15-13-16-20-28/h13,15-16,19-20,23-26,30-32H,2-12,14,17-18,21-22H2,1H3. The highest BCUT2D eigenvalue weighted by Crippen LogP contribution is 2.18. The molecule has 0 aliphatic rings. The number of aryl methyl sites for hydroxylation is 1. The Morgan fingerprint density at radius 1 is 0.594 bits per heavy atom. The van der Waals surface area contributed by atoms with E-state index in [4.69, 9.17) is 0 Å². The Bertz CT molecular complexity index is 667. The summed E-state index contributed by atoms with van der Waals surface area (Å²) in [5.74, 6) is 0. The number of para-hydroxylation sites is 1. The predicted molar refractivity (Wildman–Crippen MR) is 141 cm³/mol. The zero-order chi connectivity index (χ0) is 22.7. The third kappa shape index (κ3) is 12.9. The molecule has 0 saturated heterocycles. The minimum Gasteiger partial charge on any atom is -0.393 e. The molecule has 0 bridgehead atoms. The van der Waals surface area contributed by atoms with Crippen LogP contribution in [0.4, 0.5) is 11.4 Å². The Morgan fingerprint density at radius 3 is 1.69 bits per heavy atom. The van der Waals surface area contributed by atoms with Gasteiger partial charge in [-0.2, -0.15) is 0 Å². The SMILES string of the molecule is CCCCC(O)CCCCCCCCCCCCCc1ccc(Nc2ccccc2)cc1. The topological polar surface area (TPSA) is 32.3 Å². The van der Waals surface area contributed by atoms with Gasteiger partial charge in [0, 0.05) is 11.4 Å². The molecule has 0 saturated carbocycles. The van der Waals surface area contributed by atoms with Crippen LogP contribution in [0.2, 0.25) is 0 Å². The first kappa shape index (κ1) is 26.5. The maximum Gasteiger partial charge on any atom is 0.0540 e. The van der Waals surface area contributed by atoms with E-state index in [2.05, 4.69) is 60.8 Å². The first-order valence-corrected chi connectivity index (χ1v) is 13.4. The molecule has 1 unspecified atom stereocenters. The van der Waals surface area contributed by atoms with Gasteiger partial charge in [-0.3, -0.25) is 0 Å². The number of anilines is 2. The molecular weight excluding hydrogens is 390 g/mol. The number of aliphatic hydroxyl groups is 1. The molecule has 2 aromatic rings. The average molecular weight is 438 g/mol. The summed E-state index contributed by atoms with van der Waals surface area (Å²) in [6.07, 6.45) is 20.3. The molecule has 2 aromatic carbocycles. The summed E-state index contributed by atoms with van der Waals surface area (Å²) in [5, 5.41) is 13.3. The van der Waals surface area contributed by atoms with Crippen molar-refractivity contribution >= 4 is 11.4 Å². The van der Waals surface area contributed by atoms with Crippen molar-refractivity contribution < 1.29 is 5.11 Å². The van der Waals surface area contributed by atoms with Crippen LogP contribution in [0, 0.1) is 0 Å². The van der Waals surface area contributed by atoms with E-state index in [-0.39, 0.29) is 6.10 Å². The second-order valence-electron chi connectivity index (χ2n) is 9.41. The third-order valence-electron chi connectivity index (χ3n) is 6.41. The Hall–Kier alpha value is -1.80. The van der Waals surface area contributed by atoms with Crippen LogP contribution in [0.5, 0.6) is 0 Å². The van der Waals surface area contributed by atoms with E-state index < -0.39 is 0 Å². The van der Waals surface area contributed by atoms with Crippen molar-refractivity contribution in [3.63, 3.8) is 0 Å². The third-order valence-corrected chi connectivity index (χ3v) is 6.41. The summed E-state index contributed by atoms with van der Waals surface area (Å²) in [6, 6.07) is 19.2. The molecule has 0 heterocycles. The highest BCUT2D eigenvalue weighted by molar-refractivity contribution is 5.59. The predicted octanol–water partition coefficient (Wildman–Crippen LogP) is 9.21. The molecule has 0 aliphatic carbocycles. The zero-order valence-electron chi connectivity index (χ0n) is 20.5. The molecule has 0 spiro atoms. The van der Waals surface area contributed by atoms with Crippen molar-refractivity contribution in [1.29, 1.82) is 0 Å². The minimum atomic E-state index is -0.0500. The van der Waals surface area contributed by atoms with E-state index in [1.165, 1.54) is 95.5 Å². The summed E-state index contributed by atoms with van der Waals surface area (Å²) in [7, 11) is 0. The first-order chi connectivity index (χ1) is 15.8. The van der Waals surface area contributed by atoms with E-state index in [1.54, 1.807) is 0 Å². The van der Waals surface area contributed by atoms with Crippen LogP contribution in [-0.2, 0) is 6.42 Å². The van der Waals surface area contributed by atoms with Crippen LogP contribution >= 0.6 is 0 Å². The molecule has 2 nitrogen and oxygen atoms in total. The first-order valence-electron chi connectivity index (χ1n) is 13.4. The van der Waals surface area contributed by atoms with Gasteiger partial charge in [-0.05, 0) is 55.5 Å². The van der Waals surface area contributed by atoms with Gasteiger partial charge in [-0.15, -0.1) is 0 Å². The number of hydrogen-bond donors (Lipinski definition) is 2. The molecule has 178 valence electrons. The van der Waals surface area contributed by atoms with E-state index in [0.717, 1.165) is 24.2 Å². The highest BCUT2D eigenvalue weighted by atomic mass is 16.3. The van der Waals surface area contributed by atoms with Gasteiger partial charge in [0.05, 0.1) is 6.10 Å². The van der Waals surface area contributed by atoms with Crippen LogP contribution in [0.1, 0.15) is 109 Å². The van der Waals surface area contributed by atoms with Crippen molar-refractivity contribution in [3.05, 3.63) is 60.2 Å². The molecule has 0 amide bonds. The summed E-state index contributed by atoms with van der Waals surface area (Å²) in [5.41, 5.74) is 3.74. The number of nitrogens with one attached hydrogen (secondary N) is 1. The fourth-order valence-electron chi connectivity index (χ4n) is 4.33. The lowest BCUT2D eigenvalue weighted by atomic mass is 10.0. The zero-order valence-corrected chi connectivity index (χ0v) is 20.5. The minimum absolute atomic E-state index is 0.0500. The average Bonchev–Trinajstić information content (AvgIpc) is 2.82. The van der Waals surface area contributed by atoms with Crippen molar-refractivity contribution in [2.45, 2.75) is 116 Å². The lowest BCUT2D eigenvalue weighted by Gasteiger charge is -2.09. The van der Waals surface area contributed by atoms with Gasteiger partial charge in [-0.1, -0.05) is 114 Å². The van der Waals surface area contributed by atoms with Crippen molar-refractivity contribution in [2.75, 3.05) is 5.32 Å². The monoisotopic (exact) mass is 437 g/mol. The van der Waals surface area contributed by atoms with E-state index in [0.29, 0.717) is 0 Å². The summed E-state index contributed by atoms with van der Waals surface area (Å²) < 4.78 is 0. The number of aliphatic hydroxyl groups excluding tert-OH is 1. The van der Waals surface area contributed by atoms with Gasteiger partial charge < -0.3 is 10.4 Å².